The molecule has 0 aliphatic rings. The fraction of sp³-hybridized carbons (Fsp3) is 0.250. The van der Waals surface area contributed by atoms with E-state index in [0.717, 1.165) is 40.9 Å². The van der Waals surface area contributed by atoms with Crippen molar-refractivity contribution in [2.24, 2.45) is 0 Å². The molecule has 1 heterocycles. The minimum Gasteiger partial charge on any atom is -0.290 e. The maximum Gasteiger partial charge on any atom is 0.275 e. The summed E-state index contributed by atoms with van der Waals surface area (Å²) in [6.07, 6.45) is 1.72. The smallest absolute Gasteiger partial charge is 0.275 e. The predicted molar refractivity (Wildman–Crippen MR) is 95.3 cm³/mol. The standard InChI is InChI=1S/C20H22N2O/c1-4-7-17-19(16-12-10-14(2)11-13-16)21-22(20(17)23)18-9-6-5-8-15(18)3/h5-6,8-13,21H,4,7H2,1-3H3. The normalized spacial score (nSPS) is 10.9. The van der Waals surface area contributed by atoms with Crippen LogP contribution in [-0.2, 0) is 6.42 Å². The van der Waals surface area contributed by atoms with E-state index in [1.165, 1.54) is 5.56 Å². The van der Waals surface area contributed by atoms with Crippen LogP contribution < -0.4 is 5.56 Å². The molecule has 0 radical (unpaired) electrons. The Morgan fingerprint density at radius 1 is 1.00 bits per heavy atom. The lowest BCUT2D eigenvalue weighted by atomic mass is 10.0. The van der Waals surface area contributed by atoms with Gasteiger partial charge in [0.2, 0.25) is 0 Å². The Kier molecular flexibility index (Phi) is 4.20. The van der Waals surface area contributed by atoms with Crippen molar-refractivity contribution in [1.29, 1.82) is 0 Å². The summed E-state index contributed by atoms with van der Waals surface area (Å²) in [5.41, 5.74) is 6.11. The molecular weight excluding hydrogens is 284 g/mol. The molecule has 0 unspecified atom stereocenters. The van der Waals surface area contributed by atoms with Crippen LogP contribution in [0.5, 0.6) is 0 Å². The van der Waals surface area contributed by atoms with E-state index in [1.54, 1.807) is 4.68 Å². The van der Waals surface area contributed by atoms with Crippen molar-refractivity contribution in [2.45, 2.75) is 33.6 Å². The van der Waals surface area contributed by atoms with Gasteiger partial charge in [0.1, 0.15) is 0 Å². The summed E-state index contributed by atoms with van der Waals surface area (Å²) in [7, 11) is 0. The van der Waals surface area contributed by atoms with Crippen LogP contribution in [0, 0.1) is 13.8 Å². The highest BCUT2D eigenvalue weighted by Gasteiger charge is 2.16. The summed E-state index contributed by atoms with van der Waals surface area (Å²) in [5, 5.41) is 3.33. The zero-order chi connectivity index (χ0) is 16.4. The van der Waals surface area contributed by atoms with Crippen LogP contribution in [0.2, 0.25) is 0 Å². The van der Waals surface area contributed by atoms with Gasteiger partial charge in [0.15, 0.2) is 0 Å². The molecule has 0 aliphatic carbocycles. The lowest BCUT2D eigenvalue weighted by Crippen LogP contribution is -2.18. The van der Waals surface area contributed by atoms with Gasteiger partial charge in [0.05, 0.1) is 11.4 Å². The lowest BCUT2D eigenvalue weighted by molar-refractivity contribution is 0.836. The summed E-state index contributed by atoms with van der Waals surface area (Å²) in [6.45, 7) is 6.19. The number of aryl methyl sites for hydroxylation is 2. The van der Waals surface area contributed by atoms with Crippen LogP contribution in [0.3, 0.4) is 0 Å². The van der Waals surface area contributed by atoms with Crippen LogP contribution in [0.25, 0.3) is 16.9 Å². The van der Waals surface area contributed by atoms with Crippen LogP contribution in [0.15, 0.2) is 53.3 Å². The van der Waals surface area contributed by atoms with Gasteiger partial charge in [-0.05, 0) is 37.5 Å². The van der Waals surface area contributed by atoms with Gasteiger partial charge in [-0.1, -0.05) is 61.4 Å². The minimum absolute atomic E-state index is 0.0525. The van der Waals surface area contributed by atoms with Gasteiger partial charge in [0.25, 0.3) is 5.56 Å². The molecule has 23 heavy (non-hydrogen) atoms. The first-order valence-corrected chi connectivity index (χ1v) is 8.08. The highest BCUT2D eigenvalue weighted by atomic mass is 16.1. The Labute approximate surface area is 136 Å². The van der Waals surface area contributed by atoms with Crippen LogP contribution >= 0.6 is 0 Å². The van der Waals surface area contributed by atoms with E-state index in [0.29, 0.717) is 0 Å². The maximum absolute atomic E-state index is 12.9. The summed E-state index contributed by atoms with van der Waals surface area (Å²) in [6, 6.07) is 16.2. The first kappa shape index (κ1) is 15.3. The van der Waals surface area contributed by atoms with E-state index >= 15 is 0 Å². The van der Waals surface area contributed by atoms with Crippen molar-refractivity contribution >= 4 is 0 Å². The third-order valence-corrected chi connectivity index (χ3v) is 4.18. The SMILES string of the molecule is CCCc1c(-c2ccc(C)cc2)[nH]n(-c2ccccc2C)c1=O. The quantitative estimate of drug-likeness (QED) is 0.762. The molecule has 3 heteroatoms. The average molecular weight is 306 g/mol. The highest BCUT2D eigenvalue weighted by molar-refractivity contribution is 5.63. The van der Waals surface area contributed by atoms with E-state index in [-0.39, 0.29) is 5.56 Å². The second-order valence-electron chi connectivity index (χ2n) is 6.01. The zero-order valence-corrected chi connectivity index (χ0v) is 13.9. The fourth-order valence-corrected chi connectivity index (χ4v) is 2.90. The second kappa shape index (κ2) is 6.29. The van der Waals surface area contributed by atoms with Crippen molar-refractivity contribution in [1.82, 2.24) is 9.78 Å². The van der Waals surface area contributed by atoms with Gasteiger partial charge in [-0.3, -0.25) is 9.89 Å². The third kappa shape index (κ3) is 2.87. The molecule has 118 valence electrons. The van der Waals surface area contributed by atoms with Gasteiger partial charge >= 0.3 is 0 Å². The van der Waals surface area contributed by atoms with Crippen LogP contribution in [0.1, 0.15) is 30.0 Å². The number of aromatic amines is 1. The number of nitrogens with zero attached hydrogens (tertiary/aromatic N) is 1. The molecule has 0 saturated carbocycles. The molecule has 0 spiro atoms. The Bertz CT molecular complexity index is 869. The Morgan fingerprint density at radius 3 is 2.35 bits per heavy atom. The molecule has 3 rings (SSSR count). The predicted octanol–water partition coefficient (Wildman–Crippen LogP) is 4.40. The van der Waals surface area contributed by atoms with Crippen molar-refractivity contribution in [3.05, 3.63) is 75.6 Å². The lowest BCUT2D eigenvalue weighted by Gasteiger charge is -2.05. The molecule has 0 aliphatic heterocycles. The number of benzene rings is 2. The molecule has 0 amide bonds. The zero-order valence-electron chi connectivity index (χ0n) is 13.9. The molecular formula is C20H22N2O. The fourth-order valence-electron chi connectivity index (χ4n) is 2.90. The van der Waals surface area contributed by atoms with E-state index < -0.39 is 0 Å². The molecule has 0 bridgehead atoms. The van der Waals surface area contributed by atoms with Crippen LogP contribution in [-0.4, -0.2) is 9.78 Å². The molecule has 1 aromatic heterocycles. The van der Waals surface area contributed by atoms with Crippen LogP contribution in [0.4, 0.5) is 0 Å². The first-order chi connectivity index (χ1) is 11.1. The monoisotopic (exact) mass is 306 g/mol. The number of para-hydroxylation sites is 1. The molecule has 0 atom stereocenters. The topological polar surface area (TPSA) is 37.8 Å². The largest absolute Gasteiger partial charge is 0.290 e. The molecule has 3 aromatic rings. The van der Waals surface area contributed by atoms with Crippen molar-refractivity contribution in [2.75, 3.05) is 0 Å². The maximum atomic E-state index is 12.9. The summed E-state index contributed by atoms with van der Waals surface area (Å²) in [5.74, 6) is 0. The molecule has 2 aromatic carbocycles. The van der Waals surface area contributed by atoms with E-state index in [2.05, 4.69) is 43.2 Å². The molecule has 1 N–H and O–H groups in total. The van der Waals surface area contributed by atoms with Gasteiger partial charge in [-0.2, -0.15) is 0 Å². The molecule has 3 nitrogen and oxygen atoms in total. The number of hydrogen-bond donors (Lipinski definition) is 1. The Hall–Kier alpha value is -2.55. The van der Waals surface area contributed by atoms with Gasteiger partial charge in [-0.25, -0.2) is 4.68 Å². The Balaban J connectivity index is 2.21. The molecule has 0 saturated heterocycles. The van der Waals surface area contributed by atoms with Gasteiger partial charge in [0, 0.05) is 5.56 Å². The highest BCUT2D eigenvalue weighted by Crippen LogP contribution is 2.23. The number of rotatable bonds is 4. The summed E-state index contributed by atoms with van der Waals surface area (Å²) < 4.78 is 1.68. The molecule has 0 fully saturated rings. The Morgan fingerprint density at radius 2 is 1.70 bits per heavy atom. The van der Waals surface area contributed by atoms with E-state index in [1.807, 2.05) is 31.2 Å². The number of H-pyrrole nitrogens is 1. The average Bonchev–Trinajstić information content (AvgIpc) is 2.86. The summed E-state index contributed by atoms with van der Waals surface area (Å²) in [4.78, 5) is 12.9. The van der Waals surface area contributed by atoms with E-state index in [9.17, 15) is 4.79 Å². The third-order valence-electron chi connectivity index (χ3n) is 4.18. The number of nitrogens with one attached hydrogen (secondary N) is 1. The van der Waals surface area contributed by atoms with Gasteiger partial charge < -0.3 is 0 Å². The second-order valence-corrected chi connectivity index (χ2v) is 6.01. The van der Waals surface area contributed by atoms with Crippen molar-refractivity contribution < 1.29 is 0 Å². The van der Waals surface area contributed by atoms with Gasteiger partial charge in [-0.15, -0.1) is 0 Å². The first-order valence-electron chi connectivity index (χ1n) is 8.08. The summed E-state index contributed by atoms with van der Waals surface area (Å²) >= 11 is 0. The minimum atomic E-state index is 0.0525. The number of aromatic nitrogens is 2. The number of hydrogen-bond acceptors (Lipinski definition) is 1. The van der Waals surface area contributed by atoms with E-state index in [4.69, 9.17) is 0 Å². The van der Waals surface area contributed by atoms with Crippen molar-refractivity contribution in [3.8, 4) is 16.9 Å². The van der Waals surface area contributed by atoms with Crippen molar-refractivity contribution in [3.63, 3.8) is 0 Å².